The minimum absolute atomic E-state index is 0.174. The van der Waals surface area contributed by atoms with Crippen LogP contribution in [0, 0.1) is 0 Å². The molecule has 3 aromatic rings. The van der Waals surface area contributed by atoms with Crippen LogP contribution in [0.2, 0.25) is 0 Å². The molecule has 140 valence electrons. The number of thiazole rings is 1. The van der Waals surface area contributed by atoms with Crippen LogP contribution in [-0.4, -0.2) is 33.2 Å². The van der Waals surface area contributed by atoms with Crippen molar-refractivity contribution in [1.29, 1.82) is 0 Å². The van der Waals surface area contributed by atoms with Crippen molar-refractivity contribution in [2.75, 3.05) is 6.61 Å². The van der Waals surface area contributed by atoms with E-state index in [9.17, 15) is 9.59 Å². The lowest BCUT2D eigenvalue weighted by molar-refractivity contribution is -0.124. The molecule has 7 nitrogen and oxygen atoms in total. The van der Waals surface area contributed by atoms with Crippen molar-refractivity contribution in [2.45, 2.75) is 13.0 Å². The molecule has 0 bridgehead atoms. The molecule has 2 heterocycles. The van der Waals surface area contributed by atoms with Crippen LogP contribution in [0.15, 0.2) is 46.5 Å². The van der Waals surface area contributed by atoms with Crippen LogP contribution >= 0.6 is 27.3 Å². The fourth-order valence-electron chi connectivity index (χ4n) is 2.35. The standard InChI is InChI=1S/C18H17BrN4O3S/c1-11(12-3-5-14(19)6-4-12)21-16(24)9-26-18(25)15-10-27-17(22-15)13-7-20-23(2)8-13/h3-8,10-11H,9H2,1-2H3,(H,21,24). The number of nitrogens with one attached hydrogen (secondary N) is 1. The highest BCUT2D eigenvalue weighted by Crippen LogP contribution is 2.23. The molecule has 2 aromatic heterocycles. The molecule has 1 atom stereocenters. The van der Waals surface area contributed by atoms with Crippen LogP contribution < -0.4 is 5.32 Å². The summed E-state index contributed by atoms with van der Waals surface area (Å²) < 4.78 is 7.69. The number of halogens is 1. The SMILES string of the molecule is CC(NC(=O)COC(=O)c1csc(-c2cnn(C)c2)n1)c1ccc(Br)cc1. The molecule has 0 aliphatic carbocycles. The molecule has 9 heteroatoms. The van der Waals surface area contributed by atoms with Gasteiger partial charge in [0.2, 0.25) is 0 Å². The summed E-state index contributed by atoms with van der Waals surface area (Å²) in [6, 6.07) is 7.44. The number of carbonyl (C=O) groups excluding carboxylic acids is 2. The maximum absolute atomic E-state index is 12.1. The van der Waals surface area contributed by atoms with E-state index >= 15 is 0 Å². The van der Waals surface area contributed by atoms with E-state index in [4.69, 9.17) is 4.74 Å². The number of rotatable bonds is 6. The Hall–Kier alpha value is -2.52. The van der Waals surface area contributed by atoms with Crippen LogP contribution in [0.1, 0.15) is 29.0 Å². The van der Waals surface area contributed by atoms with Gasteiger partial charge in [0.25, 0.3) is 5.91 Å². The van der Waals surface area contributed by atoms with E-state index in [0.717, 1.165) is 15.6 Å². The number of hydrogen-bond donors (Lipinski definition) is 1. The molecule has 1 unspecified atom stereocenters. The van der Waals surface area contributed by atoms with E-state index in [1.165, 1.54) is 11.3 Å². The summed E-state index contributed by atoms with van der Waals surface area (Å²) in [5.41, 5.74) is 1.95. The van der Waals surface area contributed by atoms with Crippen LogP contribution in [0.5, 0.6) is 0 Å². The predicted octanol–water partition coefficient (Wildman–Crippen LogP) is 3.34. The van der Waals surface area contributed by atoms with Gasteiger partial charge in [0, 0.05) is 28.7 Å². The second-order valence-corrected chi connectivity index (χ2v) is 7.63. The van der Waals surface area contributed by atoms with Crippen molar-refractivity contribution in [3.63, 3.8) is 0 Å². The van der Waals surface area contributed by atoms with Crippen molar-refractivity contribution in [3.05, 3.63) is 57.8 Å². The average molecular weight is 449 g/mol. The summed E-state index contributed by atoms with van der Waals surface area (Å²) >= 11 is 4.69. The number of aryl methyl sites for hydroxylation is 1. The van der Waals surface area contributed by atoms with Gasteiger partial charge < -0.3 is 10.1 Å². The highest BCUT2D eigenvalue weighted by atomic mass is 79.9. The van der Waals surface area contributed by atoms with Gasteiger partial charge in [-0.3, -0.25) is 9.48 Å². The van der Waals surface area contributed by atoms with E-state index in [0.29, 0.717) is 5.01 Å². The molecule has 0 fully saturated rings. The summed E-state index contributed by atoms with van der Waals surface area (Å²) in [5.74, 6) is -1.01. The van der Waals surface area contributed by atoms with Crippen molar-refractivity contribution in [2.24, 2.45) is 7.05 Å². The summed E-state index contributed by atoms with van der Waals surface area (Å²) in [4.78, 5) is 28.4. The summed E-state index contributed by atoms with van der Waals surface area (Å²) in [7, 11) is 1.81. The molecule has 1 amide bonds. The summed E-state index contributed by atoms with van der Waals surface area (Å²) in [5, 5.41) is 9.15. The van der Waals surface area contributed by atoms with Crippen LogP contribution in [0.4, 0.5) is 0 Å². The Bertz CT molecular complexity index is 952. The first-order valence-electron chi connectivity index (χ1n) is 8.09. The van der Waals surface area contributed by atoms with Crippen molar-refractivity contribution < 1.29 is 14.3 Å². The largest absolute Gasteiger partial charge is 0.451 e. The molecule has 0 spiro atoms. The van der Waals surface area contributed by atoms with Gasteiger partial charge in [0.15, 0.2) is 12.3 Å². The van der Waals surface area contributed by atoms with E-state index in [-0.39, 0.29) is 24.2 Å². The summed E-state index contributed by atoms with van der Waals surface area (Å²) in [6.07, 6.45) is 3.48. The number of amides is 1. The maximum Gasteiger partial charge on any atom is 0.358 e. The topological polar surface area (TPSA) is 86.1 Å². The zero-order valence-corrected chi connectivity index (χ0v) is 17.1. The van der Waals surface area contributed by atoms with Crippen LogP contribution in [0.3, 0.4) is 0 Å². The Morgan fingerprint density at radius 3 is 2.74 bits per heavy atom. The Labute approximate surface area is 168 Å². The fraction of sp³-hybridized carbons (Fsp3) is 0.222. The molecule has 0 aliphatic heterocycles. The van der Waals surface area contributed by atoms with Crippen LogP contribution in [-0.2, 0) is 16.6 Å². The first-order valence-corrected chi connectivity index (χ1v) is 9.76. The third-order valence-corrected chi connectivity index (χ3v) is 5.17. The molecule has 0 saturated heterocycles. The first-order chi connectivity index (χ1) is 12.9. The molecule has 1 N–H and O–H groups in total. The number of esters is 1. The van der Waals surface area contributed by atoms with E-state index in [1.807, 2.05) is 37.4 Å². The van der Waals surface area contributed by atoms with Crippen molar-refractivity contribution in [1.82, 2.24) is 20.1 Å². The number of benzene rings is 1. The zero-order chi connectivity index (χ0) is 19.4. The van der Waals surface area contributed by atoms with Crippen molar-refractivity contribution >= 4 is 39.1 Å². The molecule has 3 rings (SSSR count). The minimum Gasteiger partial charge on any atom is -0.451 e. The normalized spacial score (nSPS) is 11.8. The highest BCUT2D eigenvalue weighted by molar-refractivity contribution is 9.10. The minimum atomic E-state index is -0.632. The van der Waals surface area contributed by atoms with Gasteiger partial charge in [-0.2, -0.15) is 5.10 Å². The predicted molar refractivity (Wildman–Crippen MR) is 105 cm³/mol. The number of aromatic nitrogens is 3. The third-order valence-electron chi connectivity index (χ3n) is 3.75. The lowest BCUT2D eigenvalue weighted by Gasteiger charge is -2.14. The quantitative estimate of drug-likeness (QED) is 0.584. The van der Waals surface area contributed by atoms with Gasteiger partial charge in [0.1, 0.15) is 5.01 Å². The maximum atomic E-state index is 12.1. The Morgan fingerprint density at radius 1 is 1.33 bits per heavy atom. The third kappa shape index (κ3) is 5.01. The Balaban J connectivity index is 1.52. The van der Waals surface area contributed by atoms with Crippen LogP contribution in [0.25, 0.3) is 10.6 Å². The van der Waals surface area contributed by atoms with E-state index < -0.39 is 5.97 Å². The van der Waals surface area contributed by atoms with Gasteiger partial charge in [0.05, 0.1) is 12.2 Å². The molecule has 27 heavy (non-hydrogen) atoms. The average Bonchev–Trinajstić information content (AvgIpc) is 3.29. The molecule has 0 aliphatic rings. The smallest absolute Gasteiger partial charge is 0.358 e. The first kappa shape index (κ1) is 19.2. The number of carbonyl (C=O) groups is 2. The fourth-order valence-corrected chi connectivity index (χ4v) is 3.38. The van der Waals surface area contributed by atoms with Gasteiger partial charge in [-0.15, -0.1) is 11.3 Å². The van der Waals surface area contributed by atoms with E-state index in [2.05, 4.69) is 31.3 Å². The molecular weight excluding hydrogens is 432 g/mol. The number of hydrogen-bond acceptors (Lipinski definition) is 6. The zero-order valence-electron chi connectivity index (χ0n) is 14.7. The second-order valence-electron chi connectivity index (χ2n) is 5.86. The Morgan fingerprint density at radius 2 is 2.07 bits per heavy atom. The molecular formula is C18H17BrN4O3S. The summed E-state index contributed by atoms with van der Waals surface area (Å²) in [6.45, 7) is 1.50. The Kier molecular flexibility index (Phi) is 6.02. The highest BCUT2D eigenvalue weighted by Gasteiger charge is 2.16. The lowest BCUT2D eigenvalue weighted by Crippen LogP contribution is -2.31. The van der Waals surface area contributed by atoms with Gasteiger partial charge >= 0.3 is 5.97 Å². The number of nitrogens with zero attached hydrogens (tertiary/aromatic N) is 3. The molecule has 0 saturated carbocycles. The lowest BCUT2D eigenvalue weighted by atomic mass is 10.1. The second kappa shape index (κ2) is 8.45. The van der Waals surface area contributed by atoms with E-state index in [1.54, 1.807) is 23.3 Å². The van der Waals surface area contributed by atoms with Gasteiger partial charge in [-0.05, 0) is 24.6 Å². The van der Waals surface area contributed by atoms with Crippen molar-refractivity contribution in [3.8, 4) is 10.6 Å². The molecule has 0 radical (unpaired) electrons. The molecule has 1 aromatic carbocycles. The number of ether oxygens (including phenoxy) is 1. The van der Waals surface area contributed by atoms with Gasteiger partial charge in [-0.1, -0.05) is 28.1 Å². The monoisotopic (exact) mass is 448 g/mol. The van der Waals surface area contributed by atoms with Gasteiger partial charge in [-0.25, -0.2) is 9.78 Å².